The highest BCUT2D eigenvalue weighted by Crippen LogP contribution is 2.29. The highest BCUT2D eigenvalue weighted by Gasteiger charge is 2.14. The largest absolute Gasteiger partial charge is 0.207 e. The third-order valence-corrected chi connectivity index (χ3v) is 3.21. The first-order chi connectivity index (χ1) is 6.02. The normalized spacial score (nSPS) is 15.5. The molecule has 0 saturated heterocycles. The first kappa shape index (κ1) is 11.0. The van der Waals surface area contributed by atoms with Gasteiger partial charge in [-0.25, -0.2) is 4.39 Å². The van der Waals surface area contributed by atoms with Gasteiger partial charge >= 0.3 is 0 Å². The fourth-order valence-corrected chi connectivity index (χ4v) is 1.97. The Hall–Kier alpha value is -0.0800. The molecule has 2 atom stereocenters. The fourth-order valence-electron chi connectivity index (χ4n) is 1.12. The molecule has 0 radical (unpaired) electrons. The van der Waals surface area contributed by atoms with Crippen molar-refractivity contribution in [1.29, 1.82) is 0 Å². The molecule has 0 amide bonds. The van der Waals surface area contributed by atoms with Gasteiger partial charge in [0.1, 0.15) is 5.82 Å². The summed E-state index contributed by atoms with van der Waals surface area (Å²) in [5.41, 5.74) is 1.05. The van der Waals surface area contributed by atoms with Gasteiger partial charge in [0.05, 0.1) is 0 Å². The Morgan fingerprint density at radius 1 is 1.38 bits per heavy atom. The topological polar surface area (TPSA) is 0 Å². The predicted octanol–water partition coefficient (Wildman–Crippen LogP) is 4.32. The smallest absolute Gasteiger partial charge is 0.124 e. The summed E-state index contributed by atoms with van der Waals surface area (Å²) in [5, 5.41) is 0.0433. The van der Waals surface area contributed by atoms with Gasteiger partial charge in [0.25, 0.3) is 0 Å². The summed E-state index contributed by atoms with van der Waals surface area (Å²) in [5.74, 6) is -0.0123. The molecule has 0 spiro atoms. The van der Waals surface area contributed by atoms with Crippen molar-refractivity contribution in [2.75, 3.05) is 0 Å². The van der Waals surface area contributed by atoms with Crippen LogP contribution < -0.4 is 0 Å². The van der Waals surface area contributed by atoms with Gasteiger partial charge in [-0.1, -0.05) is 28.9 Å². The minimum Gasteiger partial charge on any atom is -0.207 e. The molecule has 2 unspecified atom stereocenters. The van der Waals surface area contributed by atoms with Crippen molar-refractivity contribution < 1.29 is 4.39 Å². The van der Waals surface area contributed by atoms with Gasteiger partial charge in [-0.2, -0.15) is 0 Å². The van der Waals surface area contributed by atoms with Crippen LogP contribution in [0.25, 0.3) is 0 Å². The van der Waals surface area contributed by atoms with E-state index in [1.165, 1.54) is 12.1 Å². The Balaban J connectivity index is 3.01. The van der Waals surface area contributed by atoms with Crippen molar-refractivity contribution in [1.82, 2.24) is 0 Å². The van der Waals surface area contributed by atoms with Gasteiger partial charge in [-0.3, -0.25) is 0 Å². The van der Waals surface area contributed by atoms with Crippen LogP contribution in [0.4, 0.5) is 4.39 Å². The van der Waals surface area contributed by atoms with Crippen LogP contribution in [0, 0.1) is 5.82 Å². The molecule has 0 heterocycles. The highest BCUT2D eigenvalue weighted by atomic mass is 79.9. The second kappa shape index (κ2) is 4.43. The van der Waals surface area contributed by atoms with Crippen LogP contribution in [0.5, 0.6) is 0 Å². The van der Waals surface area contributed by atoms with Crippen LogP contribution in [0.3, 0.4) is 0 Å². The van der Waals surface area contributed by atoms with Crippen molar-refractivity contribution in [3.63, 3.8) is 0 Å². The van der Waals surface area contributed by atoms with Crippen molar-refractivity contribution in [2.24, 2.45) is 0 Å². The van der Waals surface area contributed by atoms with E-state index in [4.69, 9.17) is 11.6 Å². The average molecular weight is 266 g/mol. The van der Waals surface area contributed by atoms with E-state index in [1.54, 1.807) is 6.07 Å². The Morgan fingerprint density at radius 3 is 2.46 bits per heavy atom. The third kappa shape index (κ3) is 2.68. The quantitative estimate of drug-likeness (QED) is 0.699. The summed E-state index contributed by atoms with van der Waals surface area (Å²) in [4.78, 5) is 0. The van der Waals surface area contributed by atoms with Gasteiger partial charge in [-0.15, -0.1) is 11.6 Å². The molecule has 1 aromatic carbocycles. The van der Waals surface area contributed by atoms with E-state index in [-0.39, 0.29) is 17.1 Å². The van der Waals surface area contributed by atoms with Crippen LogP contribution >= 0.6 is 27.5 Å². The minimum absolute atomic E-state index is 0.0433. The molecule has 0 N–H and O–H groups in total. The summed E-state index contributed by atoms with van der Waals surface area (Å²) >= 11 is 9.28. The summed E-state index contributed by atoms with van der Waals surface area (Å²) < 4.78 is 13.5. The molecule has 1 aromatic rings. The fraction of sp³-hybridized carbons (Fsp3) is 0.400. The maximum absolute atomic E-state index is 12.7. The van der Waals surface area contributed by atoms with Crippen molar-refractivity contribution in [3.05, 3.63) is 34.1 Å². The molecule has 1 rings (SSSR count). The van der Waals surface area contributed by atoms with E-state index >= 15 is 0 Å². The van der Waals surface area contributed by atoms with Crippen molar-refractivity contribution in [2.45, 2.75) is 25.1 Å². The number of alkyl halides is 1. The lowest BCUT2D eigenvalue weighted by molar-refractivity contribution is 0.623. The van der Waals surface area contributed by atoms with Crippen LogP contribution in [-0.4, -0.2) is 5.38 Å². The Bertz CT molecular complexity index is 299. The van der Waals surface area contributed by atoms with Gasteiger partial charge < -0.3 is 0 Å². The summed E-state index contributed by atoms with van der Waals surface area (Å²) in [7, 11) is 0. The van der Waals surface area contributed by atoms with Crippen LogP contribution in [0.2, 0.25) is 0 Å². The van der Waals surface area contributed by atoms with Crippen LogP contribution in [0.15, 0.2) is 22.7 Å². The van der Waals surface area contributed by atoms with Crippen molar-refractivity contribution in [3.8, 4) is 0 Å². The molecular formula is C10H11BrClF. The van der Waals surface area contributed by atoms with Crippen LogP contribution in [-0.2, 0) is 0 Å². The van der Waals surface area contributed by atoms with Crippen LogP contribution in [0.1, 0.15) is 25.3 Å². The second-order valence-corrected chi connectivity index (χ2v) is 4.67. The molecule has 3 heteroatoms. The first-order valence-corrected chi connectivity index (χ1v) is 5.34. The molecule has 0 fully saturated rings. The lowest BCUT2D eigenvalue weighted by Crippen LogP contribution is -2.05. The zero-order valence-electron chi connectivity index (χ0n) is 7.52. The SMILES string of the molecule is CC(Cl)C(C)c1ccc(F)cc1Br. The molecule has 0 aliphatic heterocycles. The van der Waals surface area contributed by atoms with E-state index in [2.05, 4.69) is 15.9 Å². The van der Waals surface area contributed by atoms with E-state index < -0.39 is 0 Å². The summed E-state index contributed by atoms with van der Waals surface area (Å²) in [6.45, 7) is 3.96. The lowest BCUT2D eigenvalue weighted by Gasteiger charge is -2.15. The van der Waals surface area contributed by atoms with E-state index in [1.807, 2.05) is 13.8 Å². The van der Waals surface area contributed by atoms with E-state index in [0.717, 1.165) is 10.0 Å². The van der Waals surface area contributed by atoms with Gasteiger partial charge in [0.2, 0.25) is 0 Å². The zero-order valence-corrected chi connectivity index (χ0v) is 9.86. The van der Waals surface area contributed by atoms with Gasteiger partial charge in [-0.05, 0) is 30.5 Å². The van der Waals surface area contributed by atoms with Gasteiger partial charge in [0, 0.05) is 9.85 Å². The standard InChI is InChI=1S/C10H11BrClF/c1-6(7(2)12)9-4-3-8(13)5-10(9)11/h3-7H,1-2H3. The molecule has 13 heavy (non-hydrogen) atoms. The molecule has 0 nitrogen and oxygen atoms in total. The molecule has 0 bridgehead atoms. The van der Waals surface area contributed by atoms with E-state index in [9.17, 15) is 4.39 Å². The molecule has 0 saturated carbocycles. The summed E-state index contributed by atoms with van der Waals surface area (Å²) in [6.07, 6.45) is 0. The number of benzene rings is 1. The number of hydrogen-bond donors (Lipinski definition) is 0. The molecule has 0 aliphatic carbocycles. The number of rotatable bonds is 2. The molecule has 72 valence electrons. The lowest BCUT2D eigenvalue weighted by atomic mass is 9.98. The summed E-state index contributed by atoms with van der Waals surface area (Å²) in [6, 6.07) is 4.68. The Labute approximate surface area is 91.2 Å². The maximum atomic E-state index is 12.7. The third-order valence-electron chi connectivity index (χ3n) is 2.14. The minimum atomic E-state index is -0.231. The molecule has 0 aliphatic rings. The first-order valence-electron chi connectivity index (χ1n) is 4.11. The zero-order chi connectivity index (χ0) is 10.0. The second-order valence-electron chi connectivity index (χ2n) is 3.13. The Kier molecular flexibility index (Phi) is 3.74. The Morgan fingerprint density at radius 2 is 2.00 bits per heavy atom. The number of halogens is 3. The highest BCUT2D eigenvalue weighted by molar-refractivity contribution is 9.10. The van der Waals surface area contributed by atoms with E-state index in [0.29, 0.717) is 0 Å². The van der Waals surface area contributed by atoms with Crippen molar-refractivity contribution >= 4 is 27.5 Å². The molecule has 0 aromatic heterocycles. The predicted molar refractivity (Wildman–Crippen MR) is 57.8 cm³/mol. The van der Waals surface area contributed by atoms with Gasteiger partial charge in [0.15, 0.2) is 0 Å². The average Bonchev–Trinajstić information content (AvgIpc) is 2.03. The number of hydrogen-bond acceptors (Lipinski definition) is 0. The molecular weight excluding hydrogens is 254 g/mol. The monoisotopic (exact) mass is 264 g/mol. The maximum Gasteiger partial charge on any atom is 0.124 e.